The number of hydrogen-bond donors (Lipinski definition) is 1. The fourth-order valence-corrected chi connectivity index (χ4v) is 3.58. The molecule has 1 aromatic heterocycles. The summed E-state index contributed by atoms with van der Waals surface area (Å²) in [4.78, 5) is 17.0. The third-order valence-electron chi connectivity index (χ3n) is 4.28. The summed E-state index contributed by atoms with van der Waals surface area (Å²) < 4.78 is 16.7. The van der Waals surface area contributed by atoms with Crippen LogP contribution in [-0.2, 0) is 9.53 Å². The first-order chi connectivity index (χ1) is 14.1. The van der Waals surface area contributed by atoms with Gasteiger partial charge in [0.05, 0.1) is 30.4 Å². The van der Waals surface area contributed by atoms with Gasteiger partial charge in [-0.15, -0.1) is 0 Å². The van der Waals surface area contributed by atoms with E-state index in [1.54, 1.807) is 38.6 Å². The predicted molar refractivity (Wildman–Crippen MR) is 114 cm³/mol. The van der Waals surface area contributed by atoms with Gasteiger partial charge in [-0.2, -0.15) is 5.10 Å². The summed E-state index contributed by atoms with van der Waals surface area (Å²) in [6.45, 7) is 0. The molecule has 3 rings (SSSR count). The average Bonchev–Trinajstić information content (AvgIpc) is 2.74. The first-order valence-corrected chi connectivity index (χ1v) is 9.49. The summed E-state index contributed by atoms with van der Waals surface area (Å²) >= 11 is 3.43. The van der Waals surface area contributed by atoms with Crippen molar-refractivity contribution in [2.75, 3.05) is 21.3 Å². The number of ether oxygens (including phenoxy) is 3. The molecule has 1 heterocycles. The summed E-state index contributed by atoms with van der Waals surface area (Å²) in [6, 6.07) is 12.9. The lowest BCUT2D eigenvalue weighted by Crippen LogP contribution is -2.26. The van der Waals surface area contributed by atoms with Gasteiger partial charge in [-0.1, -0.05) is 18.2 Å². The van der Waals surface area contributed by atoms with Crippen molar-refractivity contribution in [2.45, 2.75) is 6.10 Å². The molecule has 0 saturated heterocycles. The molecule has 1 amide bonds. The van der Waals surface area contributed by atoms with Crippen LogP contribution < -0.4 is 14.9 Å². The smallest absolute Gasteiger partial charge is 0.273 e. The Morgan fingerprint density at radius 3 is 2.69 bits per heavy atom. The number of fused-ring (bicyclic) bond motifs is 1. The molecule has 0 fully saturated rings. The number of pyridine rings is 1. The van der Waals surface area contributed by atoms with E-state index in [-0.39, 0.29) is 5.91 Å². The SMILES string of the molecule is COc1cc(/C=N/NC(=O)C(OC)c2ccnc3ccccc23)cc(Br)c1OC. The number of para-hydroxylation sites is 1. The highest BCUT2D eigenvalue weighted by Crippen LogP contribution is 2.35. The number of aromatic nitrogens is 1. The minimum atomic E-state index is -0.822. The van der Waals surface area contributed by atoms with Crippen LogP contribution in [0.1, 0.15) is 17.2 Å². The van der Waals surface area contributed by atoms with Crippen LogP contribution in [0.2, 0.25) is 0 Å². The fourth-order valence-electron chi connectivity index (χ4n) is 2.96. The third-order valence-corrected chi connectivity index (χ3v) is 4.87. The summed E-state index contributed by atoms with van der Waals surface area (Å²) in [5.41, 5.74) is 4.76. The Kier molecular flexibility index (Phi) is 6.79. The molecular weight excluding hydrogens is 438 g/mol. The number of rotatable bonds is 7. The van der Waals surface area contributed by atoms with E-state index in [1.165, 1.54) is 13.3 Å². The number of carbonyl (C=O) groups is 1. The van der Waals surface area contributed by atoms with Gasteiger partial charge in [0.15, 0.2) is 17.6 Å². The van der Waals surface area contributed by atoms with Gasteiger partial charge in [0.1, 0.15) is 0 Å². The van der Waals surface area contributed by atoms with Crippen molar-refractivity contribution in [3.63, 3.8) is 0 Å². The van der Waals surface area contributed by atoms with Crippen LogP contribution in [0.15, 0.2) is 58.2 Å². The van der Waals surface area contributed by atoms with Crippen molar-refractivity contribution in [3.05, 3.63) is 64.3 Å². The topological polar surface area (TPSA) is 82.0 Å². The number of benzene rings is 2. The monoisotopic (exact) mass is 457 g/mol. The van der Waals surface area contributed by atoms with Gasteiger partial charge in [0.25, 0.3) is 5.91 Å². The van der Waals surface area contributed by atoms with Crippen LogP contribution in [0, 0.1) is 0 Å². The van der Waals surface area contributed by atoms with E-state index in [0.717, 1.165) is 22.0 Å². The second kappa shape index (κ2) is 9.49. The van der Waals surface area contributed by atoms with Gasteiger partial charge in [0, 0.05) is 24.3 Å². The van der Waals surface area contributed by atoms with Crippen molar-refractivity contribution >= 4 is 39.0 Å². The molecule has 7 nitrogen and oxygen atoms in total. The second-order valence-corrected chi connectivity index (χ2v) is 6.86. The van der Waals surface area contributed by atoms with Crippen molar-refractivity contribution in [1.82, 2.24) is 10.4 Å². The minimum absolute atomic E-state index is 0.389. The molecule has 0 saturated carbocycles. The van der Waals surface area contributed by atoms with Crippen molar-refractivity contribution in [1.29, 1.82) is 0 Å². The molecule has 0 bridgehead atoms. The largest absolute Gasteiger partial charge is 0.493 e. The molecule has 0 aliphatic carbocycles. The number of hydrazone groups is 1. The molecule has 150 valence electrons. The van der Waals surface area contributed by atoms with E-state index in [1.807, 2.05) is 24.3 Å². The standard InChI is InChI=1S/C21H20BrN3O4/c1-27-18-11-13(10-16(22)20(18)29-3)12-24-25-21(26)19(28-2)15-8-9-23-17-7-5-4-6-14(15)17/h4-12,19H,1-3H3,(H,25,26)/b24-12+. The van der Waals surface area contributed by atoms with Crippen molar-refractivity contribution in [3.8, 4) is 11.5 Å². The van der Waals surface area contributed by atoms with Crippen LogP contribution in [0.25, 0.3) is 10.9 Å². The zero-order chi connectivity index (χ0) is 20.8. The van der Waals surface area contributed by atoms with E-state index in [0.29, 0.717) is 16.0 Å². The lowest BCUT2D eigenvalue weighted by atomic mass is 10.0. The van der Waals surface area contributed by atoms with Crippen molar-refractivity contribution < 1.29 is 19.0 Å². The molecule has 0 radical (unpaired) electrons. The Labute approximate surface area is 176 Å². The van der Waals surface area contributed by atoms with Gasteiger partial charge >= 0.3 is 0 Å². The van der Waals surface area contributed by atoms with Crippen molar-refractivity contribution in [2.24, 2.45) is 5.10 Å². The van der Waals surface area contributed by atoms with E-state index >= 15 is 0 Å². The van der Waals surface area contributed by atoms with Crippen LogP contribution in [-0.4, -0.2) is 38.4 Å². The third kappa shape index (κ3) is 4.55. The van der Waals surface area contributed by atoms with Gasteiger partial charge < -0.3 is 14.2 Å². The first-order valence-electron chi connectivity index (χ1n) is 8.70. The summed E-state index contributed by atoms with van der Waals surface area (Å²) in [5, 5.41) is 4.90. The quantitative estimate of drug-likeness (QED) is 0.430. The molecule has 0 aliphatic rings. The highest BCUT2D eigenvalue weighted by atomic mass is 79.9. The number of hydrogen-bond acceptors (Lipinski definition) is 6. The number of halogens is 1. The predicted octanol–water partition coefficient (Wildman–Crippen LogP) is 3.85. The molecular formula is C21H20BrN3O4. The Balaban J connectivity index is 1.79. The summed E-state index contributed by atoms with van der Waals surface area (Å²) in [7, 11) is 4.59. The van der Waals surface area contributed by atoms with Crippen LogP contribution in [0.4, 0.5) is 0 Å². The van der Waals surface area contributed by atoms with E-state index in [2.05, 4.69) is 31.4 Å². The van der Waals surface area contributed by atoms with Gasteiger partial charge in [-0.25, -0.2) is 5.43 Å². The Morgan fingerprint density at radius 1 is 1.17 bits per heavy atom. The number of nitrogens with one attached hydrogen (secondary N) is 1. The molecule has 0 aliphatic heterocycles. The molecule has 29 heavy (non-hydrogen) atoms. The van der Waals surface area contributed by atoms with Crippen LogP contribution in [0.5, 0.6) is 11.5 Å². The number of amides is 1. The van der Waals surface area contributed by atoms with Gasteiger partial charge in [-0.05, 0) is 45.8 Å². The second-order valence-electron chi connectivity index (χ2n) is 6.01. The zero-order valence-corrected chi connectivity index (χ0v) is 17.8. The summed E-state index contributed by atoms with van der Waals surface area (Å²) in [6.07, 6.45) is 2.35. The summed E-state index contributed by atoms with van der Waals surface area (Å²) in [5.74, 6) is 0.741. The fraction of sp³-hybridized carbons (Fsp3) is 0.190. The molecule has 1 N–H and O–H groups in total. The van der Waals surface area contributed by atoms with E-state index in [4.69, 9.17) is 14.2 Å². The van der Waals surface area contributed by atoms with Crippen LogP contribution >= 0.6 is 15.9 Å². The number of nitrogens with zero attached hydrogens (tertiary/aromatic N) is 2. The maximum Gasteiger partial charge on any atom is 0.273 e. The normalized spacial score (nSPS) is 12.1. The zero-order valence-electron chi connectivity index (χ0n) is 16.2. The Bertz CT molecular complexity index is 1050. The molecule has 1 atom stereocenters. The lowest BCUT2D eigenvalue weighted by Gasteiger charge is -2.15. The molecule has 1 unspecified atom stereocenters. The van der Waals surface area contributed by atoms with Gasteiger partial charge in [0.2, 0.25) is 0 Å². The number of methoxy groups -OCH3 is 3. The maximum absolute atomic E-state index is 12.7. The average molecular weight is 458 g/mol. The van der Waals surface area contributed by atoms with E-state index < -0.39 is 6.10 Å². The van der Waals surface area contributed by atoms with Gasteiger partial charge in [-0.3, -0.25) is 9.78 Å². The minimum Gasteiger partial charge on any atom is -0.493 e. The molecule has 0 spiro atoms. The Morgan fingerprint density at radius 2 is 1.97 bits per heavy atom. The highest BCUT2D eigenvalue weighted by Gasteiger charge is 2.22. The van der Waals surface area contributed by atoms with E-state index in [9.17, 15) is 4.79 Å². The highest BCUT2D eigenvalue weighted by molar-refractivity contribution is 9.10. The lowest BCUT2D eigenvalue weighted by molar-refractivity contribution is -0.131. The molecule has 2 aromatic carbocycles. The first kappa shape index (κ1) is 20.8. The number of carbonyl (C=O) groups excluding carboxylic acids is 1. The Hall–Kier alpha value is -2.97. The molecule has 3 aromatic rings. The molecule has 8 heteroatoms. The maximum atomic E-state index is 12.7. The van der Waals surface area contributed by atoms with Crippen LogP contribution in [0.3, 0.4) is 0 Å².